The molecule has 2 aliphatic rings. The Bertz CT molecular complexity index is 953. The topological polar surface area (TPSA) is 74.6 Å². The average Bonchev–Trinajstić information content (AvgIpc) is 3.36. The van der Waals surface area contributed by atoms with Crippen molar-refractivity contribution in [1.29, 1.82) is 0 Å². The monoisotopic (exact) mass is 438 g/mol. The van der Waals surface area contributed by atoms with Crippen LogP contribution in [0.1, 0.15) is 55.3 Å². The number of amides is 2. The Labute approximate surface area is 189 Å². The molecule has 0 unspecified atom stereocenters. The number of benzene rings is 1. The number of Topliss-reactive ketones (excluding diaryl/α,β-unsaturated/α-hetero) is 1. The highest BCUT2D eigenvalue weighted by molar-refractivity contribution is 6.45. The molecule has 2 amide bonds. The van der Waals surface area contributed by atoms with E-state index in [2.05, 4.69) is 10.2 Å². The van der Waals surface area contributed by atoms with Gasteiger partial charge in [-0.1, -0.05) is 31.0 Å². The smallest absolute Gasteiger partial charge is 0.292 e. The van der Waals surface area contributed by atoms with Gasteiger partial charge in [0.1, 0.15) is 6.54 Å². The third-order valence-corrected chi connectivity index (χ3v) is 6.64. The standard InChI is InChI=1S/C25H34N4O3/c30-23(28-16-5-1-2-6-17-28)19-29-18-21(20-10-3-4-11-22(20)29)24(31)25(32)26-12-9-15-27-13-7-8-14-27/h3-4,10-11,18H,1-2,5-9,12-17,19H2,(H,26,32). The van der Waals surface area contributed by atoms with E-state index in [9.17, 15) is 14.4 Å². The summed E-state index contributed by atoms with van der Waals surface area (Å²) in [5, 5.41) is 3.49. The summed E-state index contributed by atoms with van der Waals surface area (Å²) in [6.45, 7) is 5.48. The number of nitrogens with one attached hydrogen (secondary N) is 1. The molecule has 172 valence electrons. The first-order valence-electron chi connectivity index (χ1n) is 12.0. The molecule has 2 saturated heterocycles. The first kappa shape index (κ1) is 22.5. The van der Waals surface area contributed by atoms with Crippen molar-refractivity contribution in [2.24, 2.45) is 0 Å². The second-order valence-corrected chi connectivity index (χ2v) is 8.97. The number of hydrogen-bond donors (Lipinski definition) is 1. The highest BCUT2D eigenvalue weighted by atomic mass is 16.2. The Hall–Kier alpha value is -2.67. The second-order valence-electron chi connectivity index (χ2n) is 8.97. The molecule has 1 aromatic carbocycles. The van der Waals surface area contributed by atoms with Crippen LogP contribution >= 0.6 is 0 Å². The lowest BCUT2D eigenvalue weighted by atomic mass is 10.1. The summed E-state index contributed by atoms with van der Waals surface area (Å²) in [4.78, 5) is 42.7. The number of fused-ring (bicyclic) bond motifs is 1. The van der Waals surface area contributed by atoms with Gasteiger partial charge in [-0.2, -0.15) is 0 Å². The molecular formula is C25H34N4O3. The molecule has 7 nitrogen and oxygen atoms in total. The molecule has 7 heteroatoms. The number of rotatable bonds is 8. The van der Waals surface area contributed by atoms with Gasteiger partial charge < -0.3 is 19.7 Å². The number of nitrogens with zero attached hydrogens (tertiary/aromatic N) is 3. The summed E-state index contributed by atoms with van der Waals surface area (Å²) in [7, 11) is 0. The van der Waals surface area contributed by atoms with E-state index in [1.165, 1.54) is 25.7 Å². The van der Waals surface area contributed by atoms with Gasteiger partial charge in [0.05, 0.1) is 5.56 Å². The van der Waals surface area contributed by atoms with E-state index in [4.69, 9.17) is 0 Å². The van der Waals surface area contributed by atoms with Crippen LogP contribution in [-0.4, -0.2) is 71.2 Å². The minimum atomic E-state index is -0.576. The largest absolute Gasteiger partial charge is 0.349 e. The predicted octanol–water partition coefficient (Wildman–Crippen LogP) is 2.83. The van der Waals surface area contributed by atoms with Gasteiger partial charge >= 0.3 is 0 Å². The normalized spacial score (nSPS) is 17.4. The highest BCUT2D eigenvalue weighted by Gasteiger charge is 2.23. The zero-order valence-corrected chi connectivity index (χ0v) is 18.9. The Morgan fingerprint density at radius 2 is 1.56 bits per heavy atom. The van der Waals surface area contributed by atoms with E-state index in [0.717, 1.165) is 57.5 Å². The first-order chi connectivity index (χ1) is 15.6. The minimum absolute atomic E-state index is 0.0676. The molecule has 2 aliphatic heterocycles. The van der Waals surface area contributed by atoms with E-state index < -0.39 is 11.7 Å². The molecule has 0 spiro atoms. The maximum Gasteiger partial charge on any atom is 0.292 e. The Kier molecular flexibility index (Phi) is 7.58. The van der Waals surface area contributed by atoms with Gasteiger partial charge in [-0.25, -0.2) is 0 Å². The fourth-order valence-corrected chi connectivity index (χ4v) is 4.84. The van der Waals surface area contributed by atoms with Crippen molar-refractivity contribution in [2.75, 3.05) is 39.3 Å². The van der Waals surface area contributed by atoms with E-state index in [-0.39, 0.29) is 12.5 Å². The summed E-state index contributed by atoms with van der Waals surface area (Å²) in [6.07, 6.45) is 9.42. The Morgan fingerprint density at radius 3 is 2.31 bits per heavy atom. The average molecular weight is 439 g/mol. The maximum atomic E-state index is 12.9. The minimum Gasteiger partial charge on any atom is -0.349 e. The van der Waals surface area contributed by atoms with Crippen molar-refractivity contribution >= 4 is 28.5 Å². The molecule has 3 heterocycles. The van der Waals surface area contributed by atoms with Crippen molar-refractivity contribution in [3.63, 3.8) is 0 Å². The second kappa shape index (κ2) is 10.8. The SMILES string of the molecule is O=C(NCCCN1CCCC1)C(=O)c1cn(CC(=O)N2CCCCCC2)c2ccccc12. The van der Waals surface area contributed by atoms with Crippen LogP contribution in [0.15, 0.2) is 30.5 Å². The number of ketones is 1. The van der Waals surface area contributed by atoms with E-state index in [1.54, 1.807) is 6.20 Å². The zero-order chi connectivity index (χ0) is 22.3. The van der Waals surface area contributed by atoms with Crippen LogP contribution in [-0.2, 0) is 16.1 Å². The number of carbonyl (C=O) groups is 3. The van der Waals surface area contributed by atoms with Gasteiger partial charge in [-0.05, 0) is 57.8 Å². The maximum absolute atomic E-state index is 12.9. The molecule has 2 aromatic rings. The van der Waals surface area contributed by atoms with Crippen LogP contribution < -0.4 is 5.32 Å². The van der Waals surface area contributed by atoms with E-state index >= 15 is 0 Å². The Morgan fingerprint density at radius 1 is 0.875 bits per heavy atom. The van der Waals surface area contributed by atoms with Gasteiger partial charge in [-0.3, -0.25) is 14.4 Å². The van der Waals surface area contributed by atoms with Gasteiger partial charge in [0.2, 0.25) is 5.91 Å². The molecule has 0 bridgehead atoms. The fraction of sp³-hybridized carbons (Fsp3) is 0.560. The fourth-order valence-electron chi connectivity index (χ4n) is 4.84. The highest BCUT2D eigenvalue weighted by Crippen LogP contribution is 2.22. The summed E-state index contributed by atoms with van der Waals surface area (Å²) in [5.74, 6) is -1.05. The number of para-hydroxylation sites is 1. The third-order valence-electron chi connectivity index (χ3n) is 6.64. The van der Waals surface area contributed by atoms with Crippen molar-refractivity contribution in [2.45, 2.75) is 51.5 Å². The molecule has 0 atom stereocenters. The number of hydrogen-bond acceptors (Lipinski definition) is 4. The number of carbonyl (C=O) groups excluding carboxylic acids is 3. The number of likely N-dealkylation sites (tertiary alicyclic amines) is 2. The van der Waals surface area contributed by atoms with Crippen molar-refractivity contribution in [3.05, 3.63) is 36.0 Å². The predicted molar refractivity (Wildman–Crippen MR) is 125 cm³/mol. The summed E-state index contributed by atoms with van der Waals surface area (Å²) in [6, 6.07) is 7.49. The van der Waals surface area contributed by atoms with Gasteiger partial charge in [0.15, 0.2) is 0 Å². The van der Waals surface area contributed by atoms with E-state index in [1.807, 2.05) is 33.7 Å². The van der Waals surface area contributed by atoms with Gasteiger partial charge in [0.25, 0.3) is 11.7 Å². The van der Waals surface area contributed by atoms with Crippen LogP contribution in [0, 0.1) is 0 Å². The molecule has 4 rings (SSSR count). The lowest BCUT2D eigenvalue weighted by Crippen LogP contribution is -2.34. The quantitative estimate of drug-likeness (QED) is 0.391. The van der Waals surface area contributed by atoms with Gasteiger partial charge in [0, 0.05) is 36.7 Å². The molecule has 0 radical (unpaired) electrons. The van der Waals surface area contributed by atoms with Crippen LogP contribution in [0.25, 0.3) is 10.9 Å². The molecule has 0 aliphatic carbocycles. The zero-order valence-electron chi connectivity index (χ0n) is 18.9. The molecular weight excluding hydrogens is 404 g/mol. The van der Waals surface area contributed by atoms with Crippen LogP contribution in [0.5, 0.6) is 0 Å². The Balaban J connectivity index is 1.41. The van der Waals surface area contributed by atoms with Crippen molar-refractivity contribution in [3.8, 4) is 0 Å². The number of aromatic nitrogens is 1. The summed E-state index contributed by atoms with van der Waals surface area (Å²) >= 11 is 0. The van der Waals surface area contributed by atoms with Crippen LogP contribution in [0.4, 0.5) is 0 Å². The van der Waals surface area contributed by atoms with Crippen molar-refractivity contribution < 1.29 is 14.4 Å². The summed E-state index contributed by atoms with van der Waals surface area (Å²) < 4.78 is 1.82. The first-order valence-corrected chi connectivity index (χ1v) is 12.0. The molecule has 0 saturated carbocycles. The van der Waals surface area contributed by atoms with Crippen LogP contribution in [0.2, 0.25) is 0 Å². The molecule has 1 N–H and O–H groups in total. The summed E-state index contributed by atoms with van der Waals surface area (Å²) in [5.41, 5.74) is 1.17. The lowest BCUT2D eigenvalue weighted by Gasteiger charge is -2.20. The van der Waals surface area contributed by atoms with Gasteiger partial charge in [-0.15, -0.1) is 0 Å². The van der Waals surface area contributed by atoms with E-state index in [0.29, 0.717) is 17.5 Å². The molecule has 1 aromatic heterocycles. The lowest BCUT2D eigenvalue weighted by molar-refractivity contribution is -0.131. The molecule has 2 fully saturated rings. The molecule has 32 heavy (non-hydrogen) atoms. The third kappa shape index (κ3) is 5.38. The van der Waals surface area contributed by atoms with Crippen molar-refractivity contribution in [1.82, 2.24) is 19.7 Å². The van der Waals surface area contributed by atoms with Crippen LogP contribution in [0.3, 0.4) is 0 Å².